The first kappa shape index (κ1) is 7.67. The highest BCUT2D eigenvalue weighted by Crippen LogP contribution is 2.17. The van der Waals surface area contributed by atoms with Gasteiger partial charge in [0.05, 0.1) is 11.2 Å². The van der Waals surface area contributed by atoms with Crippen LogP contribution in [0.1, 0.15) is 0 Å². The van der Waals surface area contributed by atoms with Crippen LogP contribution in [0.3, 0.4) is 0 Å². The van der Waals surface area contributed by atoms with Crippen LogP contribution in [0.4, 0.5) is 5.69 Å². The molecule has 0 saturated carbocycles. The second kappa shape index (κ2) is 2.52. The molecule has 0 saturated heterocycles. The zero-order valence-electron chi connectivity index (χ0n) is 6.74. The summed E-state index contributed by atoms with van der Waals surface area (Å²) in [7, 11) is 0. The number of rotatable bonds is 0. The summed E-state index contributed by atoms with van der Waals surface area (Å²) < 4.78 is 0. The molecule has 66 valence electrons. The molecule has 2 rings (SSSR count). The Bertz CT molecular complexity index is 516. The molecular formula is C9H8N2O2. The molecular weight excluding hydrogens is 168 g/mol. The van der Waals surface area contributed by atoms with Gasteiger partial charge in [-0.1, -0.05) is 0 Å². The van der Waals surface area contributed by atoms with Gasteiger partial charge in [0.1, 0.15) is 5.75 Å². The van der Waals surface area contributed by atoms with E-state index in [-0.39, 0.29) is 17.0 Å². The van der Waals surface area contributed by atoms with Crippen LogP contribution in [-0.2, 0) is 0 Å². The summed E-state index contributed by atoms with van der Waals surface area (Å²) in [6.07, 6.45) is 0. The van der Waals surface area contributed by atoms with Crippen molar-refractivity contribution in [1.29, 1.82) is 0 Å². The molecule has 2 aromatic rings. The fourth-order valence-corrected chi connectivity index (χ4v) is 1.21. The molecule has 1 aromatic heterocycles. The molecule has 1 aromatic carbocycles. The van der Waals surface area contributed by atoms with E-state index in [0.717, 1.165) is 5.39 Å². The Morgan fingerprint density at radius 2 is 2.08 bits per heavy atom. The highest BCUT2D eigenvalue weighted by atomic mass is 16.3. The lowest BCUT2D eigenvalue weighted by molar-refractivity contribution is 0.476. The van der Waals surface area contributed by atoms with Gasteiger partial charge in [0.15, 0.2) is 0 Å². The van der Waals surface area contributed by atoms with Crippen molar-refractivity contribution in [3.8, 4) is 5.75 Å². The molecule has 0 fully saturated rings. The van der Waals surface area contributed by atoms with Crippen molar-refractivity contribution in [2.45, 2.75) is 0 Å². The average Bonchev–Trinajstić information content (AvgIpc) is 2.08. The molecule has 4 nitrogen and oxygen atoms in total. The number of nitrogens with two attached hydrogens (primary N) is 1. The second-order valence-corrected chi connectivity index (χ2v) is 2.83. The van der Waals surface area contributed by atoms with Crippen LogP contribution in [0, 0.1) is 0 Å². The molecule has 4 heteroatoms. The minimum absolute atomic E-state index is 0.118. The first-order chi connectivity index (χ1) is 6.16. The standard InChI is InChI=1S/C9H8N2O2/c10-7-3-5-1-2-6(12)4-8(5)11-9(7)13/h1-4,12H,10H2,(H,11,13). The number of aromatic amines is 1. The minimum Gasteiger partial charge on any atom is -0.508 e. The van der Waals surface area contributed by atoms with Gasteiger partial charge in [0.2, 0.25) is 0 Å². The maximum absolute atomic E-state index is 11.1. The van der Waals surface area contributed by atoms with E-state index in [1.165, 1.54) is 6.07 Å². The van der Waals surface area contributed by atoms with Crippen LogP contribution in [0.2, 0.25) is 0 Å². The topological polar surface area (TPSA) is 79.1 Å². The van der Waals surface area contributed by atoms with Crippen LogP contribution in [0.15, 0.2) is 29.1 Å². The van der Waals surface area contributed by atoms with Gasteiger partial charge in [0, 0.05) is 11.5 Å². The quantitative estimate of drug-likeness (QED) is 0.555. The van der Waals surface area contributed by atoms with Gasteiger partial charge in [-0.3, -0.25) is 4.79 Å². The van der Waals surface area contributed by atoms with E-state index in [0.29, 0.717) is 5.52 Å². The number of nitrogen functional groups attached to an aromatic ring is 1. The Balaban J connectivity index is 2.89. The number of fused-ring (bicyclic) bond motifs is 1. The third-order valence-corrected chi connectivity index (χ3v) is 1.86. The van der Waals surface area contributed by atoms with E-state index in [1.807, 2.05) is 0 Å². The zero-order chi connectivity index (χ0) is 9.42. The molecule has 0 spiro atoms. The lowest BCUT2D eigenvalue weighted by Crippen LogP contribution is -2.10. The van der Waals surface area contributed by atoms with Gasteiger partial charge in [0.25, 0.3) is 5.56 Å². The summed E-state index contributed by atoms with van der Waals surface area (Å²) in [6, 6.07) is 6.29. The van der Waals surface area contributed by atoms with Crippen LogP contribution in [0.5, 0.6) is 5.75 Å². The molecule has 0 bridgehead atoms. The largest absolute Gasteiger partial charge is 0.508 e. The number of anilines is 1. The Labute approximate surface area is 73.6 Å². The number of pyridine rings is 1. The van der Waals surface area contributed by atoms with Crippen molar-refractivity contribution in [3.63, 3.8) is 0 Å². The maximum atomic E-state index is 11.1. The lowest BCUT2D eigenvalue weighted by atomic mass is 10.2. The van der Waals surface area contributed by atoms with Crippen molar-refractivity contribution >= 4 is 16.6 Å². The average molecular weight is 176 g/mol. The first-order valence-corrected chi connectivity index (χ1v) is 3.78. The number of hydrogen-bond donors (Lipinski definition) is 3. The summed E-state index contributed by atoms with van der Waals surface area (Å²) in [4.78, 5) is 13.6. The molecule has 0 aliphatic rings. The normalized spacial score (nSPS) is 10.5. The van der Waals surface area contributed by atoms with Gasteiger partial charge in [-0.25, -0.2) is 0 Å². The van der Waals surface area contributed by atoms with Gasteiger partial charge in [-0.15, -0.1) is 0 Å². The molecule has 0 radical (unpaired) electrons. The Hall–Kier alpha value is -1.97. The fraction of sp³-hybridized carbons (Fsp3) is 0. The highest BCUT2D eigenvalue weighted by Gasteiger charge is 1.99. The SMILES string of the molecule is Nc1cc2ccc(O)cc2[nH]c1=O. The smallest absolute Gasteiger partial charge is 0.271 e. The van der Waals surface area contributed by atoms with Gasteiger partial charge in [-0.05, 0) is 18.2 Å². The third kappa shape index (κ3) is 1.22. The van der Waals surface area contributed by atoms with Crippen molar-refractivity contribution in [3.05, 3.63) is 34.6 Å². The number of aromatic hydroxyl groups is 1. The van der Waals surface area contributed by atoms with E-state index in [2.05, 4.69) is 4.98 Å². The number of H-pyrrole nitrogens is 1. The van der Waals surface area contributed by atoms with Gasteiger partial charge >= 0.3 is 0 Å². The van der Waals surface area contributed by atoms with Crippen molar-refractivity contribution in [1.82, 2.24) is 4.98 Å². The summed E-state index contributed by atoms with van der Waals surface area (Å²) in [5.41, 5.74) is 5.84. The van der Waals surface area contributed by atoms with Crippen LogP contribution < -0.4 is 11.3 Å². The number of aromatic nitrogens is 1. The molecule has 0 atom stereocenters. The number of hydrogen-bond acceptors (Lipinski definition) is 3. The summed E-state index contributed by atoms with van der Waals surface area (Å²) in [5, 5.41) is 9.94. The molecule has 0 aliphatic carbocycles. The summed E-state index contributed by atoms with van der Waals surface area (Å²) in [5.74, 6) is 0.118. The lowest BCUT2D eigenvalue weighted by Gasteiger charge is -1.99. The second-order valence-electron chi connectivity index (χ2n) is 2.83. The number of phenolic OH excluding ortho intramolecular Hbond substituents is 1. The number of benzene rings is 1. The number of nitrogens with one attached hydrogen (secondary N) is 1. The van der Waals surface area contributed by atoms with Gasteiger partial charge < -0.3 is 15.8 Å². The molecule has 0 aliphatic heterocycles. The Kier molecular flexibility index (Phi) is 1.48. The van der Waals surface area contributed by atoms with Gasteiger partial charge in [-0.2, -0.15) is 0 Å². The molecule has 4 N–H and O–H groups in total. The minimum atomic E-state index is -0.335. The van der Waals surface area contributed by atoms with E-state index in [4.69, 9.17) is 10.8 Å². The third-order valence-electron chi connectivity index (χ3n) is 1.86. The van der Waals surface area contributed by atoms with Crippen LogP contribution >= 0.6 is 0 Å². The van der Waals surface area contributed by atoms with Crippen molar-refractivity contribution in [2.24, 2.45) is 0 Å². The zero-order valence-corrected chi connectivity index (χ0v) is 6.74. The maximum Gasteiger partial charge on any atom is 0.271 e. The van der Waals surface area contributed by atoms with Crippen molar-refractivity contribution in [2.75, 3.05) is 5.73 Å². The molecule has 1 heterocycles. The van der Waals surface area contributed by atoms with E-state index in [9.17, 15) is 4.79 Å². The molecule has 13 heavy (non-hydrogen) atoms. The molecule has 0 unspecified atom stereocenters. The summed E-state index contributed by atoms with van der Waals surface area (Å²) in [6.45, 7) is 0. The van der Waals surface area contributed by atoms with E-state index in [1.54, 1.807) is 18.2 Å². The predicted molar refractivity (Wildman–Crippen MR) is 50.6 cm³/mol. The fourth-order valence-electron chi connectivity index (χ4n) is 1.21. The first-order valence-electron chi connectivity index (χ1n) is 3.78. The monoisotopic (exact) mass is 176 g/mol. The highest BCUT2D eigenvalue weighted by molar-refractivity contribution is 5.82. The van der Waals surface area contributed by atoms with Crippen LogP contribution in [-0.4, -0.2) is 10.1 Å². The Morgan fingerprint density at radius 3 is 2.85 bits per heavy atom. The summed E-state index contributed by atoms with van der Waals surface area (Å²) >= 11 is 0. The number of phenols is 1. The van der Waals surface area contributed by atoms with E-state index >= 15 is 0 Å². The van der Waals surface area contributed by atoms with Crippen molar-refractivity contribution < 1.29 is 5.11 Å². The van der Waals surface area contributed by atoms with Crippen LogP contribution in [0.25, 0.3) is 10.9 Å². The predicted octanol–water partition coefficient (Wildman–Crippen LogP) is 0.816. The van der Waals surface area contributed by atoms with E-state index < -0.39 is 0 Å². The Morgan fingerprint density at radius 1 is 1.31 bits per heavy atom. The molecule has 0 amide bonds.